The van der Waals surface area contributed by atoms with Gasteiger partial charge in [-0.05, 0) is 6.92 Å². The fraction of sp³-hybridized carbons (Fsp3) is 0.571. The van der Waals surface area contributed by atoms with Gasteiger partial charge in [0, 0.05) is 6.54 Å². The number of nitrogens with one attached hydrogen (secondary N) is 1. The second-order valence-corrected chi connectivity index (χ2v) is 4.68. The van der Waals surface area contributed by atoms with Crippen molar-refractivity contribution in [2.45, 2.75) is 18.5 Å². The van der Waals surface area contributed by atoms with E-state index in [0.717, 1.165) is 11.6 Å². The monoisotopic (exact) mass is 279 g/mol. The molecule has 0 spiro atoms. The first-order chi connectivity index (χ1) is 7.47. The van der Waals surface area contributed by atoms with E-state index in [1.165, 1.54) is 0 Å². The molecule has 0 fully saturated rings. The third-order valence-corrected chi connectivity index (χ3v) is 2.55. The quantitative estimate of drug-likeness (QED) is 0.460. The van der Waals surface area contributed by atoms with Crippen molar-refractivity contribution < 1.29 is 35.5 Å². The Hall–Kier alpha value is -1.16. The summed E-state index contributed by atoms with van der Waals surface area (Å²) in [5.74, 6) is -2.90. The average Bonchev–Trinajstić information content (AvgIpc) is 2.12. The van der Waals surface area contributed by atoms with E-state index in [-0.39, 0.29) is 0 Å². The average molecular weight is 279 g/mol. The van der Waals surface area contributed by atoms with Gasteiger partial charge in [0.25, 0.3) is 0 Å². The molecule has 0 bridgehead atoms. The van der Waals surface area contributed by atoms with E-state index in [1.54, 1.807) is 0 Å². The summed E-state index contributed by atoms with van der Waals surface area (Å²) in [6.45, 7) is 2.85. The van der Waals surface area contributed by atoms with Gasteiger partial charge in [0.05, 0.1) is 0 Å². The van der Waals surface area contributed by atoms with Crippen LogP contribution in [-0.2, 0) is 19.6 Å². The van der Waals surface area contributed by atoms with E-state index in [9.17, 15) is 30.8 Å². The van der Waals surface area contributed by atoms with Crippen LogP contribution in [-0.4, -0.2) is 32.5 Å². The van der Waals surface area contributed by atoms with Crippen LogP contribution in [0.25, 0.3) is 0 Å². The van der Waals surface area contributed by atoms with Crippen molar-refractivity contribution in [3.8, 4) is 0 Å². The molecule has 0 saturated heterocycles. The van der Waals surface area contributed by atoms with Crippen molar-refractivity contribution in [2.24, 2.45) is 0 Å². The number of hydrogen-bond acceptors (Lipinski definition) is 4. The Morgan fingerprint density at radius 3 is 2.29 bits per heavy atom. The summed E-state index contributed by atoms with van der Waals surface area (Å²) in [5, 5.41) is 0. The molecule has 0 aromatic carbocycles. The van der Waals surface area contributed by atoms with Gasteiger partial charge in [-0.15, -0.1) is 0 Å². The van der Waals surface area contributed by atoms with Gasteiger partial charge in [0.1, 0.15) is 6.10 Å². The molecule has 17 heavy (non-hydrogen) atoms. The summed E-state index contributed by atoms with van der Waals surface area (Å²) in [6.07, 6.45) is -1.27. The van der Waals surface area contributed by atoms with Crippen LogP contribution >= 0.6 is 0 Å². The first kappa shape index (κ1) is 15.8. The van der Waals surface area contributed by atoms with E-state index < -0.39 is 40.0 Å². The Kier molecular flexibility index (Phi) is 5.08. The maximum absolute atomic E-state index is 12.1. The van der Waals surface area contributed by atoms with E-state index in [1.807, 2.05) is 0 Å². The maximum atomic E-state index is 12.1. The molecule has 1 unspecified atom stereocenters. The van der Waals surface area contributed by atoms with Crippen LogP contribution in [0.1, 0.15) is 6.92 Å². The molecular formula is C7H9F4NO4S. The molecule has 0 amide bonds. The Morgan fingerprint density at radius 2 is 1.94 bits per heavy atom. The third kappa shape index (κ3) is 5.13. The lowest BCUT2D eigenvalue weighted by molar-refractivity contribution is -0.144. The predicted octanol–water partition coefficient (Wildman–Crippen LogP) is 0.841. The van der Waals surface area contributed by atoms with Gasteiger partial charge in [-0.25, -0.2) is 17.9 Å². The van der Waals surface area contributed by atoms with Gasteiger partial charge in [0.2, 0.25) is 5.83 Å². The van der Waals surface area contributed by atoms with Crippen LogP contribution in [0, 0.1) is 0 Å². The van der Waals surface area contributed by atoms with Crippen molar-refractivity contribution >= 4 is 16.0 Å². The van der Waals surface area contributed by atoms with Gasteiger partial charge in [0.15, 0.2) is 0 Å². The lowest BCUT2D eigenvalue weighted by atomic mass is 10.4. The second kappa shape index (κ2) is 5.45. The molecule has 5 nitrogen and oxygen atoms in total. The Morgan fingerprint density at radius 1 is 1.47 bits per heavy atom. The maximum Gasteiger partial charge on any atom is 0.511 e. The highest BCUT2D eigenvalue weighted by molar-refractivity contribution is 7.90. The van der Waals surface area contributed by atoms with Crippen molar-refractivity contribution in [1.29, 1.82) is 0 Å². The van der Waals surface area contributed by atoms with Crippen molar-refractivity contribution in [1.82, 2.24) is 4.72 Å². The summed E-state index contributed by atoms with van der Waals surface area (Å²) < 4.78 is 74.0. The molecule has 1 atom stereocenters. The summed E-state index contributed by atoms with van der Waals surface area (Å²) in [5.41, 5.74) is -5.46. The standard InChI is InChI=1S/C7H9F4NO4S/c1-4(16-6(13)5(2)8)3-12-17(14,15)7(9,10)11/h4,12H,2-3H2,1H3. The lowest BCUT2D eigenvalue weighted by Crippen LogP contribution is -2.40. The third-order valence-electron chi connectivity index (χ3n) is 1.40. The number of ether oxygens (including phenoxy) is 1. The van der Waals surface area contributed by atoms with Gasteiger partial charge < -0.3 is 4.74 Å². The number of rotatable bonds is 5. The minimum atomic E-state index is -5.51. The molecule has 0 aliphatic heterocycles. The Balaban J connectivity index is 4.32. The molecule has 0 radical (unpaired) electrons. The van der Waals surface area contributed by atoms with E-state index in [2.05, 4.69) is 11.3 Å². The first-order valence-corrected chi connectivity index (χ1v) is 5.57. The first-order valence-electron chi connectivity index (χ1n) is 4.08. The topological polar surface area (TPSA) is 72.5 Å². The number of halogens is 4. The highest BCUT2D eigenvalue weighted by atomic mass is 32.2. The summed E-state index contributed by atoms with van der Waals surface area (Å²) in [7, 11) is -5.51. The summed E-state index contributed by atoms with van der Waals surface area (Å²) in [4.78, 5) is 10.6. The predicted molar refractivity (Wildman–Crippen MR) is 48.8 cm³/mol. The molecule has 10 heteroatoms. The second-order valence-electron chi connectivity index (χ2n) is 2.92. The van der Waals surface area contributed by atoms with E-state index in [4.69, 9.17) is 0 Å². The van der Waals surface area contributed by atoms with Crippen LogP contribution in [0.4, 0.5) is 17.6 Å². The Labute approximate surface area is 94.5 Å². The molecule has 0 heterocycles. The number of carbonyl (C=O) groups excluding carboxylic acids is 1. The molecule has 0 aromatic heterocycles. The molecule has 0 aromatic rings. The summed E-state index contributed by atoms with van der Waals surface area (Å²) >= 11 is 0. The fourth-order valence-corrected chi connectivity index (χ4v) is 1.22. The van der Waals surface area contributed by atoms with Crippen LogP contribution < -0.4 is 4.72 Å². The largest absolute Gasteiger partial charge is 0.511 e. The van der Waals surface area contributed by atoms with Crippen LogP contribution in [0.15, 0.2) is 12.4 Å². The normalized spacial score (nSPS) is 14.2. The SMILES string of the molecule is C=C(F)C(=O)OC(C)CNS(=O)(=O)C(F)(F)F. The minimum absolute atomic E-state index is 0.832. The zero-order valence-corrected chi connectivity index (χ0v) is 9.36. The number of esters is 1. The highest BCUT2D eigenvalue weighted by Gasteiger charge is 2.45. The van der Waals surface area contributed by atoms with Crippen molar-refractivity contribution in [3.63, 3.8) is 0 Å². The van der Waals surface area contributed by atoms with E-state index >= 15 is 0 Å². The number of alkyl halides is 3. The Bertz CT molecular complexity index is 403. The molecule has 100 valence electrons. The minimum Gasteiger partial charge on any atom is -0.456 e. The molecule has 0 rings (SSSR count). The number of sulfonamides is 1. The highest BCUT2D eigenvalue weighted by Crippen LogP contribution is 2.21. The van der Waals surface area contributed by atoms with Crippen molar-refractivity contribution in [2.75, 3.05) is 6.54 Å². The molecule has 1 N–H and O–H groups in total. The fourth-order valence-electron chi connectivity index (χ4n) is 0.597. The molecule has 0 aliphatic carbocycles. The molecule has 0 saturated carbocycles. The molecule has 0 aliphatic rings. The number of carbonyl (C=O) groups is 1. The van der Waals surface area contributed by atoms with Crippen LogP contribution in [0.2, 0.25) is 0 Å². The number of hydrogen-bond donors (Lipinski definition) is 1. The van der Waals surface area contributed by atoms with Crippen LogP contribution in [0.3, 0.4) is 0 Å². The zero-order chi connectivity index (χ0) is 13.9. The van der Waals surface area contributed by atoms with Crippen LogP contribution in [0.5, 0.6) is 0 Å². The van der Waals surface area contributed by atoms with Gasteiger partial charge in [-0.3, -0.25) is 0 Å². The van der Waals surface area contributed by atoms with Gasteiger partial charge in [-0.1, -0.05) is 6.58 Å². The van der Waals surface area contributed by atoms with Crippen molar-refractivity contribution in [3.05, 3.63) is 12.4 Å². The smallest absolute Gasteiger partial charge is 0.456 e. The van der Waals surface area contributed by atoms with E-state index in [0.29, 0.717) is 0 Å². The van der Waals surface area contributed by atoms with Gasteiger partial charge >= 0.3 is 21.5 Å². The van der Waals surface area contributed by atoms with Gasteiger partial charge in [-0.2, -0.15) is 17.6 Å². The lowest BCUT2D eigenvalue weighted by Gasteiger charge is -2.14. The zero-order valence-electron chi connectivity index (χ0n) is 8.54. The summed E-state index contributed by atoms with van der Waals surface area (Å²) in [6, 6.07) is 0. The molecular weight excluding hydrogens is 270 g/mol.